The smallest absolute Gasteiger partial charge is 0.354 e. The van der Waals surface area contributed by atoms with Crippen molar-refractivity contribution in [3.05, 3.63) is 35.7 Å². The van der Waals surface area contributed by atoms with Gasteiger partial charge >= 0.3 is 12.0 Å². The Morgan fingerprint density at radius 2 is 2.19 bits per heavy atom. The minimum absolute atomic E-state index is 0.0901. The second-order valence-corrected chi connectivity index (χ2v) is 4.10. The number of anilines is 1. The summed E-state index contributed by atoms with van der Waals surface area (Å²) in [5, 5.41) is 17.5. The quantitative estimate of drug-likeness (QED) is 0.743. The summed E-state index contributed by atoms with van der Waals surface area (Å²) in [5.41, 5.74) is 0.304. The molecule has 0 saturated carbocycles. The standard InChI is InChI=1S/C12H13N5O4/c1-7-15-10(21-17-7)4-5-13-12(20)16-8-2-3-9(11(18)19)14-6-8/h2-3,6H,4-5H2,1H3,(H,18,19)(H2,13,16,20). The molecule has 0 unspecified atom stereocenters. The fourth-order valence-electron chi connectivity index (χ4n) is 1.49. The van der Waals surface area contributed by atoms with Gasteiger partial charge in [0.2, 0.25) is 5.89 Å². The second kappa shape index (κ2) is 6.46. The Balaban J connectivity index is 1.77. The maximum Gasteiger partial charge on any atom is 0.354 e. The molecular formula is C12H13N5O4. The van der Waals surface area contributed by atoms with Gasteiger partial charge < -0.3 is 20.3 Å². The molecule has 9 nitrogen and oxygen atoms in total. The molecule has 0 radical (unpaired) electrons. The number of amides is 2. The van der Waals surface area contributed by atoms with Gasteiger partial charge in [0.1, 0.15) is 5.69 Å². The summed E-state index contributed by atoms with van der Waals surface area (Å²) in [6.07, 6.45) is 1.69. The lowest BCUT2D eigenvalue weighted by molar-refractivity contribution is 0.0690. The molecule has 2 rings (SSSR count). The molecule has 3 N–H and O–H groups in total. The van der Waals surface area contributed by atoms with Crippen LogP contribution in [0, 0.1) is 6.92 Å². The van der Waals surface area contributed by atoms with Gasteiger partial charge in [-0.1, -0.05) is 5.16 Å². The SMILES string of the molecule is Cc1noc(CCNC(=O)Nc2ccc(C(=O)O)nc2)n1. The second-order valence-electron chi connectivity index (χ2n) is 4.10. The number of carboxylic acid groups (broad SMARTS) is 1. The van der Waals surface area contributed by atoms with Gasteiger partial charge in [-0.15, -0.1) is 0 Å². The summed E-state index contributed by atoms with van der Waals surface area (Å²) in [7, 11) is 0. The zero-order chi connectivity index (χ0) is 15.2. The number of aromatic nitrogens is 3. The molecule has 0 aromatic carbocycles. The normalized spacial score (nSPS) is 10.1. The van der Waals surface area contributed by atoms with E-state index in [1.165, 1.54) is 18.3 Å². The molecule has 0 saturated heterocycles. The Morgan fingerprint density at radius 1 is 1.38 bits per heavy atom. The van der Waals surface area contributed by atoms with Gasteiger partial charge in [0, 0.05) is 13.0 Å². The van der Waals surface area contributed by atoms with E-state index < -0.39 is 12.0 Å². The van der Waals surface area contributed by atoms with Crippen LogP contribution in [-0.4, -0.2) is 38.8 Å². The van der Waals surface area contributed by atoms with Crippen molar-refractivity contribution in [3.8, 4) is 0 Å². The maximum absolute atomic E-state index is 11.6. The maximum atomic E-state index is 11.6. The van der Waals surface area contributed by atoms with Crippen molar-refractivity contribution in [1.29, 1.82) is 0 Å². The minimum atomic E-state index is -1.12. The first-order chi connectivity index (χ1) is 10.0. The number of carbonyl (C=O) groups is 2. The summed E-state index contributed by atoms with van der Waals surface area (Å²) < 4.78 is 4.90. The molecule has 2 aromatic rings. The average molecular weight is 291 g/mol. The van der Waals surface area contributed by atoms with Crippen molar-refractivity contribution in [2.24, 2.45) is 0 Å². The van der Waals surface area contributed by atoms with Crippen LogP contribution in [0.15, 0.2) is 22.9 Å². The number of carboxylic acids is 1. The third-order valence-corrected chi connectivity index (χ3v) is 2.43. The fourth-order valence-corrected chi connectivity index (χ4v) is 1.49. The number of carbonyl (C=O) groups excluding carboxylic acids is 1. The molecule has 110 valence electrons. The first kappa shape index (κ1) is 14.4. The lowest BCUT2D eigenvalue weighted by Gasteiger charge is -2.06. The molecule has 0 atom stereocenters. The van der Waals surface area contributed by atoms with E-state index in [0.29, 0.717) is 30.4 Å². The first-order valence-corrected chi connectivity index (χ1v) is 6.08. The summed E-state index contributed by atoms with van der Waals surface area (Å²) in [6.45, 7) is 2.04. The predicted molar refractivity (Wildman–Crippen MR) is 71.0 cm³/mol. The van der Waals surface area contributed by atoms with E-state index >= 15 is 0 Å². The number of aryl methyl sites for hydroxylation is 1. The van der Waals surface area contributed by atoms with Crippen LogP contribution in [0.25, 0.3) is 0 Å². The van der Waals surface area contributed by atoms with Gasteiger partial charge in [-0.05, 0) is 19.1 Å². The van der Waals surface area contributed by atoms with Crippen LogP contribution < -0.4 is 10.6 Å². The summed E-state index contributed by atoms with van der Waals surface area (Å²) in [6, 6.07) is 2.33. The highest BCUT2D eigenvalue weighted by molar-refractivity contribution is 5.90. The average Bonchev–Trinajstić information content (AvgIpc) is 2.85. The Morgan fingerprint density at radius 3 is 2.76 bits per heavy atom. The summed E-state index contributed by atoms with van der Waals surface area (Å²) in [5.74, 6) is -0.139. The molecule has 21 heavy (non-hydrogen) atoms. The molecule has 0 aliphatic heterocycles. The molecule has 0 bridgehead atoms. The van der Waals surface area contributed by atoms with Crippen LogP contribution >= 0.6 is 0 Å². The largest absolute Gasteiger partial charge is 0.477 e. The molecule has 2 aromatic heterocycles. The highest BCUT2D eigenvalue weighted by Crippen LogP contribution is 2.05. The molecule has 2 amide bonds. The monoisotopic (exact) mass is 291 g/mol. The number of rotatable bonds is 5. The van der Waals surface area contributed by atoms with Gasteiger partial charge in [0.05, 0.1) is 11.9 Å². The van der Waals surface area contributed by atoms with Crippen molar-refractivity contribution in [1.82, 2.24) is 20.4 Å². The number of hydrogen-bond donors (Lipinski definition) is 3. The highest BCUT2D eigenvalue weighted by Gasteiger charge is 2.07. The van der Waals surface area contributed by atoms with Gasteiger partial charge in [-0.25, -0.2) is 14.6 Å². The number of urea groups is 1. The van der Waals surface area contributed by atoms with Crippen molar-refractivity contribution in [2.75, 3.05) is 11.9 Å². The predicted octanol–water partition coefficient (Wildman–Crippen LogP) is 0.835. The van der Waals surface area contributed by atoms with Crippen LogP contribution in [-0.2, 0) is 6.42 Å². The number of nitrogens with one attached hydrogen (secondary N) is 2. The van der Waals surface area contributed by atoms with Gasteiger partial charge in [-0.2, -0.15) is 4.98 Å². The van der Waals surface area contributed by atoms with Gasteiger partial charge in [-0.3, -0.25) is 0 Å². The van der Waals surface area contributed by atoms with Crippen molar-refractivity contribution >= 4 is 17.7 Å². The lowest BCUT2D eigenvalue weighted by atomic mass is 10.3. The van der Waals surface area contributed by atoms with E-state index in [1.807, 2.05) is 0 Å². The zero-order valence-electron chi connectivity index (χ0n) is 11.2. The number of pyridine rings is 1. The van der Waals surface area contributed by atoms with Crippen LogP contribution in [0.5, 0.6) is 0 Å². The van der Waals surface area contributed by atoms with E-state index in [9.17, 15) is 9.59 Å². The number of hydrogen-bond acceptors (Lipinski definition) is 6. The fraction of sp³-hybridized carbons (Fsp3) is 0.250. The molecule has 9 heteroatoms. The minimum Gasteiger partial charge on any atom is -0.477 e. The summed E-state index contributed by atoms with van der Waals surface area (Å²) >= 11 is 0. The zero-order valence-corrected chi connectivity index (χ0v) is 11.2. The molecule has 2 heterocycles. The number of nitrogens with zero attached hydrogens (tertiary/aromatic N) is 3. The molecule has 0 aliphatic rings. The van der Waals surface area contributed by atoms with Crippen LogP contribution in [0.2, 0.25) is 0 Å². The first-order valence-electron chi connectivity index (χ1n) is 6.08. The van der Waals surface area contributed by atoms with E-state index in [2.05, 4.69) is 25.8 Å². The Hall–Kier alpha value is -2.97. The topological polar surface area (TPSA) is 130 Å². The molecule has 0 aliphatic carbocycles. The lowest BCUT2D eigenvalue weighted by Crippen LogP contribution is -2.30. The Bertz CT molecular complexity index is 637. The van der Waals surface area contributed by atoms with Crippen LogP contribution in [0.1, 0.15) is 22.2 Å². The van der Waals surface area contributed by atoms with Crippen molar-refractivity contribution < 1.29 is 19.2 Å². The third kappa shape index (κ3) is 4.27. The molecule has 0 spiro atoms. The third-order valence-electron chi connectivity index (χ3n) is 2.43. The van der Waals surface area contributed by atoms with E-state index in [0.717, 1.165) is 0 Å². The van der Waals surface area contributed by atoms with E-state index in [1.54, 1.807) is 6.92 Å². The van der Waals surface area contributed by atoms with Crippen LogP contribution in [0.3, 0.4) is 0 Å². The van der Waals surface area contributed by atoms with Crippen molar-refractivity contribution in [2.45, 2.75) is 13.3 Å². The van der Waals surface area contributed by atoms with E-state index in [4.69, 9.17) is 9.63 Å². The Kier molecular flexibility index (Phi) is 4.44. The number of aromatic carboxylic acids is 1. The van der Waals surface area contributed by atoms with Crippen molar-refractivity contribution in [3.63, 3.8) is 0 Å². The molecular weight excluding hydrogens is 278 g/mol. The van der Waals surface area contributed by atoms with Gasteiger partial charge in [0.15, 0.2) is 5.82 Å². The molecule has 0 fully saturated rings. The summed E-state index contributed by atoms with van der Waals surface area (Å²) in [4.78, 5) is 29.9. The van der Waals surface area contributed by atoms with E-state index in [-0.39, 0.29) is 5.69 Å². The van der Waals surface area contributed by atoms with Gasteiger partial charge in [0.25, 0.3) is 0 Å². The highest BCUT2D eigenvalue weighted by atomic mass is 16.5. The Labute approximate surface area is 119 Å². The van der Waals surface area contributed by atoms with Crippen LogP contribution in [0.4, 0.5) is 10.5 Å².